The van der Waals surface area contributed by atoms with Gasteiger partial charge in [-0.25, -0.2) is 5.10 Å². The minimum absolute atomic E-state index is 0.481. The van der Waals surface area contributed by atoms with Crippen LogP contribution in [0.25, 0.3) is 10.8 Å². The molecule has 0 saturated carbocycles. The molecule has 0 radical (unpaired) electrons. The molecule has 0 amide bonds. The molecule has 1 unspecified atom stereocenters. The van der Waals surface area contributed by atoms with E-state index in [2.05, 4.69) is 10.2 Å². The molecule has 5 heteroatoms. The van der Waals surface area contributed by atoms with Crippen molar-refractivity contribution in [3.05, 3.63) is 35.5 Å². The summed E-state index contributed by atoms with van der Waals surface area (Å²) < 4.78 is 0. The number of rotatable bonds is 0. The minimum atomic E-state index is -1.89. The summed E-state index contributed by atoms with van der Waals surface area (Å²) in [6.07, 6.45) is 1.68. The monoisotopic (exact) mass is 212 g/mol. The number of H-pyrrole nitrogens is 1. The Bertz CT molecular complexity index is 499. The number of hydrogen-bond donors (Lipinski definition) is 1. The Kier molecular flexibility index (Phi) is 2.32. The van der Waals surface area contributed by atoms with E-state index in [0.29, 0.717) is 5.07 Å². The number of aromatic nitrogens is 2. The van der Waals surface area contributed by atoms with Crippen molar-refractivity contribution in [1.29, 1.82) is 0 Å². The molecule has 13 heavy (non-hydrogen) atoms. The smallest absolute Gasteiger partial charge is 0.251 e. The molecule has 1 atom stereocenters. The fraction of sp³-hybridized carbons (Fsp3) is 0. The van der Waals surface area contributed by atoms with Gasteiger partial charge in [-0.2, -0.15) is 5.10 Å². The van der Waals surface area contributed by atoms with Crippen molar-refractivity contribution in [1.82, 2.24) is 10.2 Å². The molecular formula is C8H6ClN2OP. The molecule has 0 aliphatic carbocycles. The van der Waals surface area contributed by atoms with E-state index in [-0.39, 0.29) is 0 Å². The van der Waals surface area contributed by atoms with Crippen LogP contribution in [0.1, 0.15) is 0 Å². The summed E-state index contributed by atoms with van der Waals surface area (Å²) in [6, 6.07) is 7.53. The van der Waals surface area contributed by atoms with Crippen LogP contribution in [0.5, 0.6) is 0 Å². The van der Waals surface area contributed by atoms with Gasteiger partial charge in [-0.1, -0.05) is 18.2 Å². The molecule has 1 aromatic carbocycles. The van der Waals surface area contributed by atoms with Gasteiger partial charge in [0.25, 0.3) is 5.07 Å². The Hall–Kier alpha value is -0.890. The van der Waals surface area contributed by atoms with Crippen LogP contribution in [-0.2, 0) is 0 Å². The third kappa shape index (κ3) is 1.59. The average molecular weight is 213 g/mol. The largest absolute Gasteiger partial charge is 0.613 e. The molecular weight excluding hydrogens is 207 g/mol. The number of benzene rings is 1. The van der Waals surface area contributed by atoms with E-state index >= 15 is 0 Å². The Morgan fingerprint density at radius 2 is 2.15 bits per heavy atom. The molecule has 0 aliphatic heterocycles. The molecule has 0 saturated heterocycles. The van der Waals surface area contributed by atoms with Crippen molar-refractivity contribution in [2.45, 2.75) is 0 Å². The summed E-state index contributed by atoms with van der Waals surface area (Å²) in [5.74, 6) is 0. The number of halogens is 1. The maximum atomic E-state index is 11.1. The molecule has 1 aromatic heterocycles. The molecule has 1 heterocycles. The predicted molar refractivity (Wildman–Crippen MR) is 52.1 cm³/mol. The zero-order valence-corrected chi connectivity index (χ0v) is 8.22. The Morgan fingerprint density at radius 3 is 2.92 bits per heavy atom. The third-order valence-electron chi connectivity index (χ3n) is 1.77. The van der Waals surface area contributed by atoms with Gasteiger partial charge in [-0.15, -0.1) is 0 Å². The first kappa shape index (κ1) is 8.70. The number of nitrogens with one attached hydrogen (secondary N) is 1. The first-order chi connectivity index (χ1) is 6.29. The van der Waals surface area contributed by atoms with Crippen molar-refractivity contribution in [3.63, 3.8) is 0 Å². The number of fused-ring (bicyclic) bond motifs is 1. The number of hydrogen-bond acceptors (Lipinski definition) is 2. The predicted octanol–water partition coefficient (Wildman–Crippen LogP) is 2.01. The summed E-state index contributed by atoms with van der Waals surface area (Å²) >= 11 is 5.52. The van der Waals surface area contributed by atoms with Gasteiger partial charge >= 0.3 is 0 Å². The molecule has 0 spiro atoms. The molecule has 0 bridgehead atoms. The zero-order chi connectivity index (χ0) is 9.26. The molecule has 1 N–H and O–H groups in total. The van der Waals surface area contributed by atoms with Crippen molar-refractivity contribution in [2.75, 3.05) is 0 Å². The van der Waals surface area contributed by atoms with Gasteiger partial charge < -0.3 is 4.89 Å². The highest BCUT2D eigenvalue weighted by atomic mass is 35.7. The molecule has 2 aromatic rings. The summed E-state index contributed by atoms with van der Waals surface area (Å²) in [5.41, 5.74) is 0. The second-order valence-corrected chi connectivity index (χ2v) is 4.41. The van der Waals surface area contributed by atoms with Gasteiger partial charge in [-0.05, 0) is 6.07 Å². The average Bonchev–Trinajstić information content (AvgIpc) is 2.17. The van der Waals surface area contributed by atoms with E-state index in [1.54, 1.807) is 6.20 Å². The SMILES string of the molecule is [O-]/[P+](Cl)=c1/[nH]ncc2ccccc12. The van der Waals surface area contributed by atoms with Crippen molar-refractivity contribution < 1.29 is 4.89 Å². The van der Waals surface area contributed by atoms with E-state index < -0.39 is 7.12 Å². The normalized spacial score (nSPS) is 13.1. The van der Waals surface area contributed by atoms with Crippen LogP contribution < -0.4 is 4.89 Å². The van der Waals surface area contributed by atoms with Gasteiger partial charge in [-0.3, -0.25) is 0 Å². The van der Waals surface area contributed by atoms with Gasteiger partial charge in [0.15, 0.2) is 11.2 Å². The van der Waals surface area contributed by atoms with Crippen LogP contribution >= 0.6 is 18.4 Å². The van der Waals surface area contributed by atoms with Crippen LogP contribution in [0.4, 0.5) is 0 Å². The lowest BCUT2D eigenvalue weighted by Gasteiger charge is -1.94. The highest BCUT2D eigenvalue weighted by Crippen LogP contribution is 2.25. The second-order valence-electron chi connectivity index (χ2n) is 2.55. The fourth-order valence-electron chi connectivity index (χ4n) is 1.18. The van der Waals surface area contributed by atoms with E-state index in [4.69, 9.17) is 11.2 Å². The summed E-state index contributed by atoms with van der Waals surface area (Å²) in [6.45, 7) is 0. The minimum Gasteiger partial charge on any atom is -0.613 e. The van der Waals surface area contributed by atoms with Crippen LogP contribution in [0.3, 0.4) is 0 Å². The van der Waals surface area contributed by atoms with E-state index in [1.165, 1.54) is 0 Å². The standard InChI is InChI=1S/C8H6ClN2OP/c9-13(12)8-7-4-2-1-3-6(7)5-10-11-8/h1-5,11H. The maximum Gasteiger partial charge on any atom is 0.251 e. The summed E-state index contributed by atoms with van der Waals surface area (Å²) in [4.78, 5) is 11.1. The number of aromatic amines is 1. The van der Waals surface area contributed by atoms with Crippen LogP contribution in [0.15, 0.2) is 30.5 Å². The Balaban J connectivity index is 3.01. The summed E-state index contributed by atoms with van der Waals surface area (Å²) in [7, 11) is -1.89. The maximum absolute atomic E-state index is 11.1. The van der Waals surface area contributed by atoms with E-state index in [0.717, 1.165) is 10.8 Å². The topological polar surface area (TPSA) is 51.7 Å². The van der Waals surface area contributed by atoms with E-state index in [1.807, 2.05) is 24.3 Å². The zero-order valence-electron chi connectivity index (χ0n) is 6.57. The molecule has 3 nitrogen and oxygen atoms in total. The Morgan fingerprint density at radius 1 is 1.38 bits per heavy atom. The second kappa shape index (κ2) is 3.46. The highest BCUT2D eigenvalue weighted by Gasteiger charge is 2.01. The lowest BCUT2D eigenvalue weighted by molar-refractivity contribution is -0.149. The van der Waals surface area contributed by atoms with Crippen molar-refractivity contribution in [3.8, 4) is 0 Å². The third-order valence-corrected chi connectivity index (χ3v) is 2.97. The number of nitrogens with zero attached hydrogens (tertiary/aromatic N) is 1. The quantitative estimate of drug-likeness (QED) is 0.679. The molecule has 66 valence electrons. The molecule has 2 rings (SSSR count). The van der Waals surface area contributed by atoms with Crippen molar-refractivity contribution >= 4 is 29.1 Å². The Labute approximate surface area is 80.3 Å². The highest BCUT2D eigenvalue weighted by molar-refractivity contribution is 7.71. The molecule has 0 aliphatic rings. The first-order valence-electron chi connectivity index (χ1n) is 3.67. The van der Waals surface area contributed by atoms with Gasteiger partial charge in [0.05, 0.1) is 11.6 Å². The van der Waals surface area contributed by atoms with Gasteiger partial charge in [0.2, 0.25) is 7.12 Å². The first-order valence-corrected chi connectivity index (χ1v) is 5.84. The van der Waals surface area contributed by atoms with Crippen LogP contribution in [0, 0.1) is 5.07 Å². The lowest BCUT2D eigenvalue weighted by atomic mass is 10.2. The molecule has 0 fully saturated rings. The van der Waals surface area contributed by atoms with E-state index in [9.17, 15) is 4.89 Å². The lowest BCUT2D eigenvalue weighted by Crippen LogP contribution is -1.88. The van der Waals surface area contributed by atoms with Crippen molar-refractivity contribution in [2.24, 2.45) is 0 Å². The van der Waals surface area contributed by atoms with Gasteiger partial charge in [0, 0.05) is 5.39 Å². The van der Waals surface area contributed by atoms with Gasteiger partial charge in [0.1, 0.15) is 0 Å². The van der Waals surface area contributed by atoms with Crippen LogP contribution in [0.2, 0.25) is 0 Å². The fourth-order valence-corrected chi connectivity index (χ4v) is 2.10. The summed E-state index contributed by atoms with van der Waals surface area (Å²) in [5, 5.41) is 8.75. The van der Waals surface area contributed by atoms with Crippen LogP contribution in [-0.4, -0.2) is 10.2 Å².